The first-order valence-electron chi connectivity index (χ1n) is 4.40. The van der Waals surface area contributed by atoms with E-state index in [9.17, 15) is 8.42 Å². The van der Waals surface area contributed by atoms with Gasteiger partial charge in [0, 0.05) is 12.1 Å². The Kier molecular flexibility index (Phi) is 3.51. The number of halogens is 1. The van der Waals surface area contributed by atoms with Gasteiger partial charge in [-0.3, -0.25) is 9.08 Å². The summed E-state index contributed by atoms with van der Waals surface area (Å²) in [4.78, 5) is 2.21. The van der Waals surface area contributed by atoms with E-state index >= 15 is 0 Å². The van der Waals surface area contributed by atoms with Crippen molar-refractivity contribution in [3.05, 3.63) is 0 Å². The summed E-state index contributed by atoms with van der Waals surface area (Å²) in [5.74, 6) is 0. The van der Waals surface area contributed by atoms with Gasteiger partial charge < -0.3 is 0 Å². The van der Waals surface area contributed by atoms with E-state index in [4.69, 9.17) is 4.18 Å². The molecule has 0 bridgehead atoms. The van der Waals surface area contributed by atoms with Gasteiger partial charge in [0.25, 0.3) is 10.1 Å². The molecule has 0 radical (unpaired) electrons. The van der Waals surface area contributed by atoms with Crippen LogP contribution >= 0.6 is 22.6 Å². The molecule has 2 unspecified atom stereocenters. The van der Waals surface area contributed by atoms with Crippen molar-refractivity contribution in [1.29, 1.82) is 0 Å². The third kappa shape index (κ3) is 3.04. The fourth-order valence-electron chi connectivity index (χ4n) is 1.39. The number of alkyl halides is 1. The molecule has 1 aliphatic rings. The zero-order valence-corrected chi connectivity index (χ0v) is 11.8. The predicted octanol–water partition coefficient (Wildman–Crippen LogP) is 1.21. The fourth-order valence-corrected chi connectivity index (χ4v) is 3.64. The molecule has 0 aromatic rings. The lowest BCUT2D eigenvalue weighted by Gasteiger charge is -2.51. The van der Waals surface area contributed by atoms with E-state index in [2.05, 4.69) is 48.3 Å². The Bertz CT molecular complexity index is 309. The zero-order chi connectivity index (χ0) is 11.1. The van der Waals surface area contributed by atoms with Gasteiger partial charge >= 0.3 is 0 Å². The molecule has 0 spiro atoms. The quantitative estimate of drug-likeness (QED) is 0.330. The zero-order valence-electron chi connectivity index (χ0n) is 8.82. The molecule has 1 rings (SSSR count). The van der Waals surface area contributed by atoms with Crippen LogP contribution in [0.5, 0.6) is 0 Å². The Morgan fingerprint density at radius 2 is 1.93 bits per heavy atom. The average molecular weight is 333 g/mol. The topological polar surface area (TPSA) is 46.6 Å². The predicted molar refractivity (Wildman–Crippen MR) is 64.0 cm³/mol. The van der Waals surface area contributed by atoms with Gasteiger partial charge in [-0.1, -0.05) is 22.6 Å². The molecule has 14 heavy (non-hydrogen) atoms. The number of likely N-dealkylation sites (tertiary alicyclic amines) is 1. The maximum absolute atomic E-state index is 10.9. The molecule has 0 saturated carbocycles. The maximum Gasteiger partial charge on any atom is 0.264 e. The fraction of sp³-hybridized carbons (Fsp3) is 1.00. The van der Waals surface area contributed by atoms with Crippen LogP contribution in [0.25, 0.3) is 0 Å². The minimum absolute atomic E-state index is 0.0726. The van der Waals surface area contributed by atoms with Crippen LogP contribution in [0.4, 0.5) is 0 Å². The highest BCUT2D eigenvalue weighted by Crippen LogP contribution is 2.34. The van der Waals surface area contributed by atoms with Gasteiger partial charge in [0.2, 0.25) is 0 Å². The van der Waals surface area contributed by atoms with E-state index in [1.54, 1.807) is 0 Å². The van der Waals surface area contributed by atoms with Crippen LogP contribution in [0.1, 0.15) is 20.8 Å². The van der Waals surface area contributed by atoms with Crippen molar-refractivity contribution in [2.45, 2.75) is 36.5 Å². The lowest BCUT2D eigenvalue weighted by molar-refractivity contribution is -0.0421. The molecule has 2 atom stereocenters. The van der Waals surface area contributed by atoms with Crippen molar-refractivity contribution in [2.24, 2.45) is 0 Å². The van der Waals surface area contributed by atoms with E-state index in [1.807, 2.05) is 0 Å². The van der Waals surface area contributed by atoms with Gasteiger partial charge in [-0.05, 0) is 20.8 Å². The number of nitrogens with zero attached hydrogens (tertiary/aromatic N) is 1. The van der Waals surface area contributed by atoms with Crippen LogP contribution in [0.3, 0.4) is 0 Å². The molecule has 6 heteroatoms. The van der Waals surface area contributed by atoms with E-state index in [0.717, 1.165) is 6.26 Å². The molecular formula is C8H16INO3S. The second-order valence-corrected chi connectivity index (χ2v) is 7.41. The number of hydrogen-bond donors (Lipinski definition) is 0. The third-order valence-corrected chi connectivity index (χ3v) is 4.21. The second kappa shape index (κ2) is 3.88. The highest BCUT2D eigenvalue weighted by Gasteiger charge is 2.45. The van der Waals surface area contributed by atoms with Crippen LogP contribution < -0.4 is 0 Å². The van der Waals surface area contributed by atoms with Gasteiger partial charge in [-0.15, -0.1) is 0 Å². The lowest BCUT2D eigenvalue weighted by Crippen LogP contribution is -2.64. The SMILES string of the molecule is CC(C)(C)N1CC(OS(C)(=O)=O)C1I. The first-order chi connectivity index (χ1) is 6.11. The summed E-state index contributed by atoms with van der Waals surface area (Å²) in [6.07, 6.45) is 0.903. The van der Waals surface area contributed by atoms with E-state index in [-0.39, 0.29) is 15.7 Å². The Hall–Kier alpha value is 0.600. The minimum atomic E-state index is -3.32. The molecule has 0 amide bonds. The summed E-state index contributed by atoms with van der Waals surface area (Å²) in [5, 5.41) is 0. The third-order valence-electron chi connectivity index (χ3n) is 2.14. The van der Waals surface area contributed by atoms with Crippen LogP contribution in [0.2, 0.25) is 0 Å². The van der Waals surface area contributed by atoms with Crippen molar-refractivity contribution in [2.75, 3.05) is 12.8 Å². The van der Waals surface area contributed by atoms with Crippen LogP contribution in [0, 0.1) is 0 Å². The van der Waals surface area contributed by atoms with Gasteiger partial charge in [0.15, 0.2) is 0 Å². The first-order valence-corrected chi connectivity index (χ1v) is 7.46. The molecule has 1 saturated heterocycles. The summed E-state index contributed by atoms with van der Waals surface area (Å²) in [6.45, 7) is 7.00. The monoisotopic (exact) mass is 333 g/mol. The van der Waals surface area contributed by atoms with E-state index in [1.165, 1.54) is 0 Å². The van der Waals surface area contributed by atoms with Gasteiger partial charge in [0.05, 0.1) is 10.3 Å². The molecule has 4 nitrogen and oxygen atoms in total. The summed E-state index contributed by atoms with van der Waals surface area (Å²) in [5.41, 5.74) is 0.0726. The smallest absolute Gasteiger partial charge is 0.264 e. The summed E-state index contributed by atoms with van der Waals surface area (Å²) >= 11 is 2.22. The Labute approximate surface area is 99.3 Å². The molecule has 0 N–H and O–H groups in total. The first kappa shape index (κ1) is 12.7. The van der Waals surface area contributed by atoms with Crippen molar-refractivity contribution in [3.8, 4) is 0 Å². The molecule has 1 fully saturated rings. The van der Waals surface area contributed by atoms with Crippen LogP contribution in [-0.2, 0) is 14.3 Å². The Morgan fingerprint density at radius 3 is 2.21 bits per heavy atom. The molecule has 0 aromatic carbocycles. The van der Waals surface area contributed by atoms with E-state index < -0.39 is 10.1 Å². The number of rotatable bonds is 2. The van der Waals surface area contributed by atoms with Crippen molar-refractivity contribution >= 4 is 32.7 Å². The van der Waals surface area contributed by atoms with Crippen molar-refractivity contribution in [1.82, 2.24) is 4.90 Å². The lowest BCUT2D eigenvalue weighted by atomic mass is 9.99. The minimum Gasteiger partial charge on any atom is -0.282 e. The normalized spacial score (nSPS) is 30.1. The van der Waals surface area contributed by atoms with Crippen molar-refractivity contribution in [3.63, 3.8) is 0 Å². The molecule has 0 aromatic heterocycles. The van der Waals surface area contributed by atoms with Gasteiger partial charge in [0.1, 0.15) is 6.10 Å². The average Bonchev–Trinajstić information content (AvgIpc) is 1.92. The highest BCUT2D eigenvalue weighted by atomic mass is 127. The van der Waals surface area contributed by atoms with Gasteiger partial charge in [-0.25, -0.2) is 0 Å². The maximum atomic E-state index is 10.9. The number of hydrogen-bond acceptors (Lipinski definition) is 4. The van der Waals surface area contributed by atoms with Crippen molar-refractivity contribution < 1.29 is 12.6 Å². The molecule has 84 valence electrons. The summed E-state index contributed by atoms with van der Waals surface area (Å²) in [6, 6.07) is 0. The molecule has 0 aliphatic carbocycles. The van der Waals surface area contributed by atoms with E-state index in [0.29, 0.717) is 6.54 Å². The van der Waals surface area contributed by atoms with Crippen LogP contribution in [-0.4, -0.2) is 41.8 Å². The highest BCUT2D eigenvalue weighted by molar-refractivity contribution is 14.1. The largest absolute Gasteiger partial charge is 0.282 e. The second-order valence-electron chi connectivity index (χ2n) is 4.53. The summed E-state index contributed by atoms with van der Waals surface area (Å²) in [7, 11) is -3.32. The molecular weight excluding hydrogens is 317 g/mol. The Morgan fingerprint density at radius 1 is 1.43 bits per heavy atom. The Balaban J connectivity index is 2.53. The molecule has 1 heterocycles. The standard InChI is InChI=1S/C8H16INO3S/c1-8(2,3)10-5-6(7(10)9)13-14(4,11)12/h6-7H,5H2,1-4H3. The summed E-state index contributed by atoms with van der Waals surface area (Å²) < 4.78 is 26.9. The van der Waals surface area contributed by atoms with Gasteiger partial charge in [-0.2, -0.15) is 8.42 Å². The van der Waals surface area contributed by atoms with Crippen LogP contribution in [0.15, 0.2) is 0 Å². The molecule has 1 aliphatic heterocycles.